The van der Waals surface area contributed by atoms with E-state index < -0.39 is 0 Å². The first-order chi connectivity index (χ1) is 11.7. The largest absolute Gasteiger partial charge is 0.339 e. The minimum Gasteiger partial charge on any atom is -0.339 e. The minimum absolute atomic E-state index is 0.128. The van der Waals surface area contributed by atoms with E-state index in [4.69, 9.17) is 0 Å². The molecule has 0 atom stereocenters. The summed E-state index contributed by atoms with van der Waals surface area (Å²) < 4.78 is 0. The smallest absolute Gasteiger partial charge is 0.253 e. The molecule has 0 unspecified atom stereocenters. The van der Waals surface area contributed by atoms with Crippen molar-refractivity contribution in [1.29, 1.82) is 0 Å². The molecule has 4 heterocycles. The van der Waals surface area contributed by atoms with E-state index >= 15 is 0 Å². The third kappa shape index (κ3) is 2.58. The molecule has 1 saturated heterocycles. The van der Waals surface area contributed by atoms with Crippen molar-refractivity contribution in [2.24, 2.45) is 4.99 Å². The summed E-state index contributed by atoms with van der Waals surface area (Å²) in [6.07, 6.45) is 9.08. The van der Waals surface area contributed by atoms with Crippen molar-refractivity contribution in [3.8, 4) is 0 Å². The molecule has 1 amide bonds. The van der Waals surface area contributed by atoms with Crippen LogP contribution in [-0.2, 0) is 4.79 Å². The van der Waals surface area contributed by atoms with Crippen LogP contribution in [0, 0.1) is 0 Å². The van der Waals surface area contributed by atoms with Crippen molar-refractivity contribution < 1.29 is 4.79 Å². The van der Waals surface area contributed by atoms with Gasteiger partial charge in [-0.25, -0.2) is 15.0 Å². The van der Waals surface area contributed by atoms with Crippen LogP contribution in [0.3, 0.4) is 0 Å². The molecule has 1 aromatic heterocycles. The van der Waals surface area contributed by atoms with E-state index in [1.54, 1.807) is 6.20 Å². The maximum absolute atomic E-state index is 12.9. The highest BCUT2D eigenvalue weighted by atomic mass is 16.2. The van der Waals surface area contributed by atoms with Crippen LogP contribution in [0.4, 0.5) is 5.82 Å². The van der Waals surface area contributed by atoms with Crippen molar-refractivity contribution in [2.75, 3.05) is 24.6 Å². The Kier molecular flexibility index (Phi) is 3.80. The van der Waals surface area contributed by atoms with E-state index in [1.165, 1.54) is 6.42 Å². The third-order valence-electron chi connectivity index (χ3n) is 4.70. The first-order valence-electron chi connectivity index (χ1n) is 8.48. The van der Waals surface area contributed by atoms with Gasteiger partial charge in [0.15, 0.2) is 5.82 Å². The van der Waals surface area contributed by atoms with Crippen LogP contribution >= 0.6 is 0 Å². The number of amidine groups is 1. The molecule has 124 valence electrons. The molecule has 0 N–H and O–H groups in total. The van der Waals surface area contributed by atoms with Gasteiger partial charge in [0, 0.05) is 31.6 Å². The van der Waals surface area contributed by atoms with E-state index in [0.29, 0.717) is 6.54 Å². The quantitative estimate of drug-likeness (QED) is 0.838. The highest BCUT2D eigenvalue weighted by Gasteiger charge is 2.32. The number of pyridine rings is 1. The van der Waals surface area contributed by atoms with Crippen LogP contribution in [0.2, 0.25) is 0 Å². The first-order valence-corrected chi connectivity index (χ1v) is 8.48. The zero-order valence-corrected chi connectivity index (χ0v) is 13.9. The Bertz CT molecular complexity index is 731. The summed E-state index contributed by atoms with van der Waals surface area (Å²) in [7, 11) is 0. The number of rotatable bonds is 2. The van der Waals surface area contributed by atoms with Gasteiger partial charge in [0.2, 0.25) is 0 Å². The number of amides is 1. The van der Waals surface area contributed by atoms with Gasteiger partial charge in [0.1, 0.15) is 5.84 Å². The SMILES string of the molecule is CC1=C(C(=O)N2CCCCC2)CN2C(=N1)C=CN2c1ccccn1. The number of aromatic nitrogens is 1. The summed E-state index contributed by atoms with van der Waals surface area (Å²) in [5.41, 5.74) is 1.61. The van der Waals surface area contributed by atoms with Crippen LogP contribution < -0.4 is 5.01 Å². The van der Waals surface area contributed by atoms with Crippen LogP contribution in [0.25, 0.3) is 0 Å². The summed E-state index contributed by atoms with van der Waals surface area (Å²) in [6.45, 7) is 4.17. The molecule has 24 heavy (non-hydrogen) atoms. The zero-order chi connectivity index (χ0) is 16.5. The summed E-state index contributed by atoms with van der Waals surface area (Å²) in [4.78, 5) is 23.9. The molecule has 6 nitrogen and oxygen atoms in total. The topological polar surface area (TPSA) is 52.0 Å². The lowest BCUT2D eigenvalue weighted by atomic mass is 10.1. The lowest BCUT2D eigenvalue weighted by Crippen LogP contribution is -2.46. The number of likely N-dealkylation sites (tertiary alicyclic amines) is 1. The predicted molar refractivity (Wildman–Crippen MR) is 93.1 cm³/mol. The summed E-state index contributed by atoms with van der Waals surface area (Å²) >= 11 is 0. The molecule has 1 fully saturated rings. The highest BCUT2D eigenvalue weighted by molar-refractivity contribution is 6.02. The molecular formula is C18H21N5O. The Balaban J connectivity index is 1.59. The zero-order valence-electron chi connectivity index (χ0n) is 13.9. The molecule has 0 aromatic carbocycles. The van der Waals surface area contributed by atoms with Crippen LogP contribution in [0.1, 0.15) is 26.2 Å². The molecule has 1 aromatic rings. The Labute approximate surface area is 141 Å². The van der Waals surface area contributed by atoms with Crippen molar-refractivity contribution in [3.63, 3.8) is 0 Å². The third-order valence-corrected chi connectivity index (χ3v) is 4.70. The number of fused-ring (bicyclic) bond motifs is 1. The summed E-state index contributed by atoms with van der Waals surface area (Å²) in [5.74, 6) is 1.81. The highest BCUT2D eigenvalue weighted by Crippen LogP contribution is 2.27. The molecule has 0 saturated carbocycles. The van der Waals surface area contributed by atoms with Gasteiger partial charge in [-0.05, 0) is 38.3 Å². The Hall–Kier alpha value is -2.63. The van der Waals surface area contributed by atoms with Gasteiger partial charge >= 0.3 is 0 Å². The molecule has 0 spiro atoms. The first kappa shape index (κ1) is 14.9. The van der Waals surface area contributed by atoms with Gasteiger partial charge in [-0.3, -0.25) is 9.80 Å². The normalized spacial score (nSPS) is 20.4. The van der Waals surface area contributed by atoms with Crippen molar-refractivity contribution >= 4 is 17.6 Å². The van der Waals surface area contributed by atoms with Gasteiger partial charge in [0.05, 0.1) is 17.8 Å². The molecule has 3 aliphatic heterocycles. The number of hydrogen-bond donors (Lipinski definition) is 0. The number of carbonyl (C=O) groups excluding carboxylic acids is 1. The van der Waals surface area contributed by atoms with E-state index in [-0.39, 0.29) is 5.91 Å². The molecule has 3 aliphatic rings. The number of nitrogens with zero attached hydrogens (tertiary/aromatic N) is 5. The van der Waals surface area contributed by atoms with Gasteiger partial charge in [-0.2, -0.15) is 0 Å². The second-order valence-electron chi connectivity index (χ2n) is 6.29. The molecule has 0 radical (unpaired) electrons. The number of aliphatic imine (C=N–C) groups is 1. The fraction of sp³-hybridized carbons (Fsp3) is 0.389. The maximum Gasteiger partial charge on any atom is 0.253 e. The molecular weight excluding hydrogens is 302 g/mol. The standard InChI is InChI=1S/C18H21N5O/c1-14-15(18(24)21-10-5-2-6-11-21)13-23-17(20-14)8-12-22(23)16-7-3-4-9-19-16/h3-4,7-9,12H,2,5-6,10-11,13H2,1H3. The fourth-order valence-corrected chi connectivity index (χ4v) is 3.37. The van der Waals surface area contributed by atoms with Gasteiger partial charge in [-0.15, -0.1) is 0 Å². The molecule has 0 bridgehead atoms. The Morgan fingerprint density at radius 2 is 2.00 bits per heavy atom. The van der Waals surface area contributed by atoms with Gasteiger partial charge in [0.25, 0.3) is 5.91 Å². The lowest BCUT2D eigenvalue weighted by molar-refractivity contribution is -0.128. The van der Waals surface area contributed by atoms with Gasteiger partial charge in [-0.1, -0.05) is 6.07 Å². The lowest BCUT2D eigenvalue weighted by Gasteiger charge is -2.35. The Morgan fingerprint density at radius 1 is 1.17 bits per heavy atom. The predicted octanol–water partition coefficient (Wildman–Crippen LogP) is 2.33. The average Bonchev–Trinajstić information content (AvgIpc) is 3.04. The van der Waals surface area contributed by atoms with E-state index in [0.717, 1.165) is 48.9 Å². The fourth-order valence-electron chi connectivity index (χ4n) is 3.37. The van der Waals surface area contributed by atoms with E-state index in [2.05, 4.69) is 9.98 Å². The summed E-state index contributed by atoms with van der Waals surface area (Å²) in [5, 5.41) is 3.96. The molecule has 0 aliphatic carbocycles. The second kappa shape index (κ2) is 6.11. The molecule has 4 rings (SSSR count). The number of hydrazine groups is 1. The van der Waals surface area contributed by atoms with Gasteiger partial charge < -0.3 is 4.90 Å². The number of anilines is 1. The number of allylic oxidation sites excluding steroid dienone is 1. The molecule has 6 heteroatoms. The number of hydrogen-bond acceptors (Lipinski definition) is 5. The van der Waals surface area contributed by atoms with Crippen LogP contribution in [0.15, 0.2) is 52.9 Å². The monoisotopic (exact) mass is 323 g/mol. The van der Waals surface area contributed by atoms with Crippen LogP contribution in [0.5, 0.6) is 0 Å². The Morgan fingerprint density at radius 3 is 2.75 bits per heavy atom. The van der Waals surface area contributed by atoms with E-state index in [9.17, 15) is 4.79 Å². The number of piperidine rings is 1. The second-order valence-corrected chi connectivity index (χ2v) is 6.29. The maximum atomic E-state index is 12.9. The van der Waals surface area contributed by atoms with Crippen molar-refractivity contribution in [3.05, 3.63) is 47.9 Å². The van der Waals surface area contributed by atoms with Crippen LogP contribution in [-0.4, -0.2) is 46.3 Å². The van der Waals surface area contributed by atoms with E-state index in [1.807, 2.05) is 52.3 Å². The van der Waals surface area contributed by atoms with Crippen molar-refractivity contribution in [2.45, 2.75) is 26.2 Å². The number of carbonyl (C=O) groups is 1. The van der Waals surface area contributed by atoms with Crippen molar-refractivity contribution in [1.82, 2.24) is 14.9 Å². The summed E-state index contributed by atoms with van der Waals surface area (Å²) in [6, 6.07) is 5.80. The minimum atomic E-state index is 0.128. The average molecular weight is 323 g/mol.